The SMILES string of the molecule is Clc1nc(Cl)n2nccc2n1. The van der Waals surface area contributed by atoms with Gasteiger partial charge in [-0.25, -0.2) is 0 Å². The molecule has 0 N–H and O–H groups in total. The van der Waals surface area contributed by atoms with E-state index in [4.69, 9.17) is 23.2 Å². The molecular weight excluding hydrogens is 187 g/mol. The van der Waals surface area contributed by atoms with Gasteiger partial charge in [-0.05, 0) is 23.2 Å². The van der Waals surface area contributed by atoms with Gasteiger partial charge in [-0.3, -0.25) is 0 Å². The minimum atomic E-state index is 0.128. The van der Waals surface area contributed by atoms with Gasteiger partial charge in [0.05, 0.1) is 6.20 Å². The van der Waals surface area contributed by atoms with Crippen LogP contribution in [0.25, 0.3) is 5.65 Å². The molecule has 0 fully saturated rings. The van der Waals surface area contributed by atoms with Crippen molar-refractivity contribution < 1.29 is 0 Å². The summed E-state index contributed by atoms with van der Waals surface area (Å²) in [6.45, 7) is 0. The molecule has 0 saturated carbocycles. The largest absolute Gasteiger partial charge is 0.228 e. The quantitative estimate of drug-likeness (QED) is 0.629. The molecule has 0 spiro atoms. The molecule has 0 radical (unpaired) electrons. The monoisotopic (exact) mass is 188 g/mol. The standard InChI is InChI=1S/C5H2Cl2N4/c6-4-9-3-1-2-8-11(3)5(7)10-4/h1-2H. The summed E-state index contributed by atoms with van der Waals surface area (Å²) in [5.41, 5.74) is 0.593. The third-order valence-electron chi connectivity index (χ3n) is 1.19. The number of rotatable bonds is 0. The molecule has 2 aromatic heterocycles. The van der Waals surface area contributed by atoms with E-state index >= 15 is 0 Å². The first kappa shape index (κ1) is 6.82. The molecule has 0 bridgehead atoms. The van der Waals surface area contributed by atoms with E-state index < -0.39 is 0 Å². The van der Waals surface area contributed by atoms with Crippen LogP contribution >= 0.6 is 23.2 Å². The van der Waals surface area contributed by atoms with Crippen molar-refractivity contribution in [3.63, 3.8) is 0 Å². The average molecular weight is 189 g/mol. The van der Waals surface area contributed by atoms with E-state index in [9.17, 15) is 0 Å². The predicted octanol–water partition coefficient (Wildman–Crippen LogP) is 1.43. The van der Waals surface area contributed by atoms with Crippen LogP contribution in [0.15, 0.2) is 12.3 Å². The van der Waals surface area contributed by atoms with Crippen molar-refractivity contribution >= 4 is 28.8 Å². The lowest BCUT2D eigenvalue weighted by atomic mass is 10.7. The summed E-state index contributed by atoms with van der Waals surface area (Å²) in [7, 11) is 0. The van der Waals surface area contributed by atoms with Crippen LogP contribution in [0, 0.1) is 0 Å². The number of fused-ring (bicyclic) bond motifs is 1. The molecule has 0 aliphatic carbocycles. The highest BCUT2D eigenvalue weighted by atomic mass is 35.5. The summed E-state index contributed by atoms with van der Waals surface area (Å²) < 4.78 is 1.40. The molecule has 0 amide bonds. The summed E-state index contributed by atoms with van der Waals surface area (Å²) in [5.74, 6) is 0. The fourth-order valence-corrected chi connectivity index (χ4v) is 1.19. The Hall–Kier alpha value is -0.870. The van der Waals surface area contributed by atoms with Crippen LogP contribution < -0.4 is 0 Å². The van der Waals surface area contributed by atoms with Crippen LogP contribution in [-0.4, -0.2) is 19.6 Å². The van der Waals surface area contributed by atoms with Gasteiger partial charge in [-0.15, -0.1) is 0 Å². The summed E-state index contributed by atoms with van der Waals surface area (Å²) in [6, 6.07) is 1.69. The molecule has 2 aromatic rings. The highest BCUT2D eigenvalue weighted by Crippen LogP contribution is 2.10. The molecule has 0 saturated heterocycles. The third kappa shape index (κ3) is 1.04. The first-order valence-electron chi connectivity index (χ1n) is 2.80. The zero-order chi connectivity index (χ0) is 7.84. The molecule has 56 valence electrons. The second-order valence-electron chi connectivity index (χ2n) is 1.86. The molecule has 0 aliphatic rings. The maximum Gasteiger partial charge on any atom is 0.228 e. The van der Waals surface area contributed by atoms with Gasteiger partial charge in [0.25, 0.3) is 0 Å². The predicted molar refractivity (Wildman–Crippen MR) is 40.8 cm³/mol. The summed E-state index contributed by atoms with van der Waals surface area (Å²) in [4.78, 5) is 7.56. The van der Waals surface area contributed by atoms with Crippen LogP contribution in [0.5, 0.6) is 0 Å². The van der Waals surface area contributed by atoms with Gasteiger partial charge >= 0.3 is 0 Å². The van der Waals surface area contributed by atoms with Gasteiger partial charge in [-0.2, -0.15) is 19.6 Å². The Morgan fingerprint density at radius 1 is 1.27 bits per heavy atom. The molecular formula is C5H2Cl2N4. The highest BCUT2D eigenvalue weighted by Gasteiger charge is 2.02. The van der Waals surface area contributed by atoms with Crippen molar-refractivity contribution in [2.45, 2.75) is 0 Å². The Labute approximate surface area is 71.8 Å². The number of nitrogens with zero attached hydrogens (tertiary/aromatic N) is 4. The van der Waals surface area contributed by atoms with Gasteiger partial charge in [0.15, 0.2) is 5.65 Å². The lowest BCUT2D eigenvalue weighted by Gasteiger charge is -1.94. The van der Waals surface area contributed by atoms with Gasteiger partial charge < -0.3 is 0 Å². The highest BCUT2D eigenvalue weighted by molar-refractivity contribution is 6.31. The van der Waals surface area contributed by atoms with E-state index in [0.29, 0.717) is 5.65 Å². The number of hydrogen-bond donors (Lipinski definition) is 0. The Morgan fingerprint density at radius 3 is 2.91 bits per heavy atom. The fraction of sp³-hybridized carbons (Fsp3) is 0. The van der Waals surface area contributed by atoms with Crippen molar-refractivity contribution in [2.75, 3.05) is 0 Å². The Bertz CT molecular complexity index is 396. The number of halogens is 2. The van der Waals surface area contributed by atoms with E-state index in [-0.39, 0.29) is 10.6 Å². The van der Waals surface area contributed by atoms with Crippen molar-refractivity contribution in [3.05, 3.63) is 22.8 Å². The van der Waals surface area contributed by atoms with Crippen LogP contribution in [-0.2, 0) is 0 Å². The smallest absolute Gasteiger partial charge is 0.198 e. The van der Waals surface area contributed by atoms with Gasteiger partial charge in [0, 0.05) is 6.07 Å². The molecule has 0 atom stereocenters. The number of aromatic nitrogens is 4. The van der Waals surface area contributed by atoms with Crippen LogP contribution in [0.2, 0.25) is 10.6 Å². The second kappa shape index (κ2) is 2.32. The van der Waals surface area contributed by atoms with E-state index in [1.54, 1.807) is 12.3 Å². The van der Waals surface area contributed by atoms with Crippen LogP contribution in [0.3, 0.4) is 0 Å². The lowest BCUT2D eigenvalue weighted by Crippen LogP contribution is -1.95. The fourth-order valence-electron chi connectivity index (χ4n) is 0.766. The minimum Gasteiger partial charge on any atom is -0.198 e. The van der Waals surface area contributed by atoms with E-state index in [0.717, 1.165) is 0 Å². The zero-order valence-corrected chi connectivity index (χ0v) is 6.71. The van der Waals surface area contributed by atoms with Crippen LogP contribution in [0.4, 0.5) is 0 Å². The van der Waals surface area contributed by atoms with Crippen molar-refractivity contribution in [3.8, 4) is 0 Å². The topological polar surface area (TPSA) is 43.1 Å². The molecule has 0 aliphatic heterocycles. The third-order valence-corrected chi connectivity index (χ3v) is 1.60. The summed E-state index contributed by atoms with van der Waals surface area (Å²) >= 11 is 11.2. The molecule has 0 unspecified atom stereocenters. The van der Waals surface area contributed by atoms with Crippen molar-refractivity contribution in [1.82, 2.24) is 19.6 Å². The maximum atomic E-state index is 5.67. The van der Waals surface area contributed by atoms with Gasteiger partial charge in [-0.1, -0.05) is 0 Å². The molecule has 0 aromatic carbocycles. The maximum absolute atomic E-state index is 5.67. The van der Waals surface area contributed by atoms with Gasteiger partial charge in [0.2, 0.25) is 10.6 Å². The first-order valence-corrected chi connectivity index (χ1v) is 3.56. The molecule has 6 heteroatoms. The Balaban J connectivity index is 2.91. The average Bonchev–Trinajstić information content (AvgIpc) is 2.34. The molecule has 4 nitrogen and oxygen atoms in total. The van der Waals surface area contributed by atoms with Gasteiger partial charge in [0.1, 0.15) is 0 Å². The molecule has 2 heterocycles. The van der Waals surface area contributed by atoms with Crippen molar-refractivity contribution in [2.24, 2.45) is 0 Å². The van der Waals surface area contributed by atoms with E-state index in [2.05, 4.69) is 15.1 Å². The summed E-state index contributed by atoms with van der Waals surface area (Å²) in [5, 5.41) is 4.20. The zero-order valence-electron chi connectivity index (χ0n) is 5.20. The van der Waals surface area contributed by atoms with E-state index in [1.807, 2.05) is 0 Å². The Kier molecular flexibility index (Phi) is 1.44. The number of hydrogen-bond acceptors (Lipinski definition) is 3. The second-order valence-corrected chi connectivity index (χ2v) is 2.54. The lowest BCUT2D eigenvalue weighted by molar-refractivity contribution is 0.893. The first-order chi connectivity index (χ1) is 5.27. The van der Waals surface area contributed by atoms with Crippen molar-refractivity contribution in [1.29, 1.82) is 0 Å². The molecule has 2 rings (SSSR count). The Morgan fingerprint density at radius 2 is 2.09 bits per heavy atom. The minimum absolute atomic E-state index is 0.128. The molecule has 11 heavy (non-hydrogen) atoms. The summed E-state index contributed by atoms with van der Waals surface area (Å²) in [6.07, 6.45) is 1.58. The van der Waals surface area contributed by atoms with Crippen LogP contribution in [0.1, 0.15) is 0 Å². The van der Waals surface area contributed by atoms with E-state index in [1.165, 1.54) is 4.52 Å². The normalized spacial score (nSPS) is 10.7.